The normalized spacial score (nSPS) is 29.2. The van der Waals surface area contributed by atoms with Gasteiger partial charge in [0.2, 0.25) is 12.6 Å². The van der Waals surface area contributed by atoms with E-state index in [4.69, 9.17) is 46.8 Å². The molecule has 2 saturated heterocycles. The number of esters is 6. The quantitative estimate of drug-likeness (QED) is 0.155. The van der Waals surface area contributed by atoms with Crippen molar-refractivity contribution >= 4 is 45.9 Å². The summed E-state index contributed by atoms with van der Waals surface area (Å²) < 4.78 is 80.6. The van der Waals surface area contributed by atoms with Gasteiger partial charge in [-0.1, -0.05) is 17.7 Å². The highest BCUT2D eigenvalue weighted by Crippen LogP contribution is 2.34. The fourth-order valence-corrected chi connectivity index (χ4v) is 6.06. The van der Waals surface area contributed by atoms with Gasteiger partial charge in [0.1, 0.15) is 24.9 Å². The number of aryl methyl sites for hydroxylation is 1. The second-order valence-electron chi connectivity index (χ2n) is 11.4. The van der Waals surface area contributed by atoms with Gasteiger partial charge in [0, 0.05) is 41.5 Å². The first-order valence-corrected chi connectivity index (χ1v) is 16.8. The largest absolute Gasteiger partial charge is 0.463 e. The van der Waals surface area contributed by atoms with Crippen LogP contribution in [0.4, 0.5) is 0 Å². The van der Waals surface area contributed by atoms with Gasteiger partial charge in [0.05, 0.1) is 11.5 Å². The van der Waals surface area contributed by atoms with E-state index < -0.39 is 121 Å². The second-order valence-corrected chi connectivity index (χ2v) is 13.1. The highest BCUT2D eigenvalue weighted by Gasteiger charge is 2.57. The summed E-state index contributed by atoms with van der Waals surface area (Å²) in [4.78, 5) is 72.4. The topological polar surface area (TPSA) is 249 Å². The molecule has 0 aliphatic carbocycles. The van der Waals surface area contributed by atoms with Gasteiger partial charge in [0.15, 0.2) is 30.5 Å². The first kappa shape index (κ1) is 41.2. The molecule has 1 aromatic rings. The predicted octanol–water partition coefficient (Wildman–Crippen LogP) is -0.251. The molecule has 1 N–H and O–H groups in total. The Morgan fingerprint density at radius 3 is 1.53 bits per heavy atom. The van der Waals surface area contributed by atoms with Crippen molar-refractivity contribution in [3.05, 3.63) is 29.8 Å². The number of aliphatic hydroxyl groups excluding tert-OH is 1. The first-order valence-electron chi connectivity index (χ1n) is 15.4. The lowest BCUT2D eigenvalue weighted by Crippen LogP contribution is -2.66. The maximum Gasteiger partial charge on any atom is 0.303 e. The first-order chi connectivity index (χ1) is 23.8. The summed E-state index contributed by atoms with van der Waals surface area (Å²) in [5.74, 6) is -5.50. The summed E-state index contributed by atoms with van der Waals surface area (Å²) in [6, 6.07) is 5.63. The molecular weight excluding hydrogens is 708 g/mol. The van der Waals surface area contributed by atoms with Crippen LogP contribution in [-0.2, 0) is 85.7 Å². The molecule has 19 nitrogen and oxygen atoms in total. The van der Waals surface area contributed by atoms with Gasteiger partial charge in [0.25, 0.3) is 10.1 Å². The molecule has 51 heavy (non-hydrogen) atoms. The lowest BCUT2D eigenvalue weighted by molar-refractivity contribution is -0.377. The lowest BCUT2D eigenvalue weighted by atomic mass is 9.97. The Morgan fingerprint density at radius 2 is 1.04 bits per heavy atom. The third kappa shape index (κ3) is 11.7. The van der Waals surface area contributed by atoms with Gasteiger partial charge >= 0.3 is 35.8 Å². The molecule has 0 bridgehead atoms. The molecule has 20 heteroatoms. The minimum atomic E-state index is -4.43. The number of rotatable bonds is 13. The van der Waals surface area contributed by atoms with Crippen molar-refractivity contribution in [2.45, 2.75) is 115 Å². The summed E-state index contributed by atoms with van der Waals surface area (Å²) in [6.45, 7) is 6.29. The van der Waals surface area contributed by atoms with Crippen LogP contribution in [0.3, 0.4) is 0 Å². The standard InChI is InChI=1S/C31H40O19S/c1-14-8-10-21(11-9-14)51(39,40)42-13-22-24(38)26(44-17(4)34)28(46-19(6)36)30(48-22)50-31-29(47-20(7)37)27(45-18(5)35)25(43-16(3)33)23(49-31)12-41-15(2)32/h8-11,22-31,38H,12-13H2,1-7H3/t22-,23-,24-,25-,26+,27+,28-,29-,30-,31-/m1/s1. The van der Waals surface area contributed by atoms with Gasteiger partial charge in [-0.05, 0) is 19.1 Å². The zero-order chi connectivity index (χ0) is 38.2. The smallest absolute Gasteiger partial charge is 0.303 e. The SMILES string of the molecule is CC(=O)OC[C@H]1O[C@H](O[C@H]2O[C@H](COS(=O)(=O)c3ccc(C)cc3)[C@@H](O)[C@H](OC(C)=O)[C@H]2OC(C)=O)[C@H](OC(C)=O)[C@@H](OC(C)=O)[C@@H]1OC(C)=O. The van der Waals surface area contributed by atoms with Crippen molar-refractivity contribution in [3.63, 3.8) is 0 Å². The van der Waals surface area contributed by atoms with Gasteiger partial charge in [-0.3, -0.25) is 33.0 Å². The van der Waals surface area contributed by atoms with Crippen LogP contribution < -0.4 is 0 Å². The van der Waals surface area contributed by atoms with Gasteiger partial charge in [-0.15, -0.1) is 0 Å². The summed E-state index contributed by atoms with van der Waals surface area (Å²) in [7, 11) is -4.43. The summed E-state index contributed by atoms with van der Waals surface area (Å²) in [6.07, 6.45) is -17.4. The summed E-state index contributed by atoms with van der Waals surface area (Å²) >= 11 is 0. The van der Waals surface area contributed by atoms with Crippen molar-refractivity contribution < 1.29 is 89.1 Å². The fraction of sp³-hybridized carbons (Fsp3) is 0.613. The number of benzene rings is 1. The van der Waals surface area contributed by atoms with E-state index in [0.29, 0.717) is 0 Å². The zero-order valence-electron chi connectivity index (χ0n) is 28.7. The van der Waals surface area contributed by atoms with E-state index in [1.54, 1.807) is 6.92 Å². The minimum Gasteiger partial charge on any atom is -0.463 e. The van der Waals surface area contributed by atoms with Crippen LogP contribution in [0.25, 0.3) is 0 Å². The molecule has 2 heterocycles. The maximum absolute atomic E-state index is 13.0. The molecule has 284 valence electrons. The Labute approximate surface area is 292 Å². The Balaban J connectivity index is 2.07. The zero-order valence-corrected chi connectivity index (χ0v) is 29.5. The average molecular weight is 749 g/mol. The van der Waals surface area contributed by atoms with Crippen LogP contribution in [-0.4, -0.2) is 124 Å². The van der Waals surface area contributed by atoms with Crippen molar-refractivity contribution in [2.75, 3.05) is 13.2 Å². The molecule has 0 aromatic heterocycles. The molecule has 0 spiro atoms. The number of carbonyl (C=O) groups is 6. The Bertz CT molecular complexity index is 1540. The van der Waals surface area contributed by atoms with Crippen LogP contribution in [0, 0.1) is 6.92 Å². The van der Waals surface area contributed by atoms with E-state index in [2.05, 4.69) is 0 Å². The highest BCUT2D eigenvalue weighted by molar-refractivity contribution is 7.86. The number of aliphatic hydroxyl groups is 1. The van der Waals surface area contributed by atoms with E-state index in [-0.39, 0.29) is 4.90 Å². The summed E-state index contributed by atoms with van der Waals surface area (Å²) in [5.41, 5.74) is 0.767. The van der Waals surface area contributed by atoms with E-state index >= 15 is 0 Å². The maximum atomic E-state index is 13.0. The van der Waals surface area contributed by atoms with Crippen LogP contribution in [0.1, 0.15) is 47.1 Å². The van der Waals surface area contributed by atoms with E-state index in [9.17, 15) is 42.3 Å². The number of ether oxygens (including phenoxy) is 9. The Morgan fingerprint density at radius 1 is 0.608 bits per heavy atom. The van der Waals surface area contributed by atoms with E-state index in [1.807, 2.05) is 0 Å². The van der Waals surface area contributed by atoms with Crippen LogP contribution in [0.5, 0.6) is 0 Å². The molecule has 0 saturated carbocycles. The van der Waals surface area contributed by atoms with Crippen molar-refractivity contribution in [3.8, 4) is 0 Å². The summed E-state index contributed by atoms with van der Waals surface area (Å²) in [5, 5.41) is 11.2. The van der Waals surface area contributed by atoms with E-state index in [1.165, 1.54) is 24.3 Å². The molecule has 0 unspecified atom stereocenters. The number of hydrogen-bond donors (Lipinski definition) is 1. The molecule has 1 aromatic carbocycles. The third-order valence-electron chi connectivity index (χ3n) is 7.14. The molecule has 0 radical (unpaired) electrons. The van der Waals surface area contributed by atoms with Crippen LogP contribution in [0.2, 0.25) is 0 Å². The van der Waals surface area contributed by atoms with E-state index in [0.717, 1.165) is 47.1 Å². The lowest BCUT2D eigenvalue weighted by Gasteiger charge is -2.47. The minimum absolute atomic E-state index is 0.224. The monoisotopic (exact) mass is 748 g/mol. The molecule has 2 aliphatic heterocycles. The van der Waals surface area contributed by atoms with Gasteiger partial charge < -0.3 is 47.7 Å². The third-order valence-corrected chi connectivity index (χ3v) is 8.43. The number of carbonyl (C=O) groups excluding carboxylic acids is 6. The predicted molar refractivity (Wildman–Crippen MR) is 163 cm³/mol. The van der Waals surface area contributed by atoms with Crippen molar-refractivity contribution in [1.82, 2.24) is 0 Å². The van der Waals surface area contributed by atoms with Crippen molar-refractivity contribution in [1.29, 1.82) is 0 Å². The van der Waals surface area contributed by atoms with Gasteiger partial charge in [-0.25, -0.2) is 0 Å². The van der Waals surface area contributed by atoms with Crippen molar-refractivity contribution in [2.24, 2.45) is 0 Å². The molecule has 0 amide bonds. The highest BCUT2D eigenvalue weighted by atomic mass is 32.2. The average Bonchev–Trinajstić information content (AvgIpc) is 3.00. The molecule has 2 fully saturated rings. The van der Waals surface area contributed by atoms with Crippen LogP contribution in [0.15, 0.2) is 29.2 Å². The molecular formula is C31H40O19S. The molecule has 2 aliphatic rings. The fourth-order valence-electron chi connectivity index (χ4n) is 5.14. The molecule has 10 atom stereocenters. The Kier molecular flexibility index (Phi) is 14.4. The number of hydrogen-bond acceptors (Lipinski definition) is 19. The second kappa shape index (κ2) is 17.8. The Hall–Kier alpha value is -4.21. The van der Waals surface area contributed by atoms with Crippen LogP contribution >= 0.6 is 0 Å². The van der Waals surface area contributed by atoms with Gasteiger partial charge in [-0.2, -0.15) is 8.42 Å². The molecule has 3 rings (SSSR count).